The SMILES string of the molecule is COC(=O)C(C)(C)CNc1cccc(Cl)c1. The monoisotopic (exact) mass is 241 g/mol. The molecule has 1 aromatic rings. The summed E-state index contributed by atoms with van der Waals surface area (Å²) in [5, 5.41) is 3.82. The van der Waals surface area contributed by atoms with Crippen LogP contribution in [0.3, 0.4) is 0 Å². The van der Waals surface area contributed by atoms with E-state index in [9.17, 15) is 4.79 Å². The van der Waals surface area contributed by atoms with Gasteiger partial charge >= 0.3 is 5.97 Å². The molecule has 0 fully saturated rings. The van der Waals surface area contributed by atoms with Crippen molar-refractivity contribution in [2.24, 2.45) is 5.41 Å². The smallest absolute Gasteiger partial charge is 0.313 e. The van der Waals surface area contributed by atoms with Crippen LogP contribution in [0.15, 0.2) is 24.3 Å². The van der Waals surface area contributed by atoms with Crippen molar-refractivity contribution in [3.05, 3.63) is 29.3 Å². The predicted octanol–water partition coefficient (Wildman–Crippen LogP) is 2.95. The maximum Gasteiger partial charge on any atom is 0.313 e. The molecular formula is C12H16ClNO2. The van der Waals surface area contributed by atoms with Crippen molar-refractivity contribution >= 4 is 23.3 Å². The van der Waals surface area contributed by atoms with Gasteiger partial charge in [-0.15, -0.1) is 0 Å². The highest BCUT2D eigenvalue weighted by molar-refractivity contribution is 6.30. The average Bonchev–Trinajstić information content (AvgIpc) is 2.25. The van der Waals surface area contributed by atoms with Gasteiger partial charge in [-0.1, -0.05) is 17.7 Å². The molecule has 0 aliphatic rings. The fourth-order valence-corrected chi connectivity index (χ4v) is 1.46. The van der Waals surface area contributed by atoms with Crippen LogP contribution in [-0.2, 0) is 9.53 Å². The zero-order valence-electron chi connectivity index (χ0n) is 9.71. The van der Waals surface area contributed by atoms with Crippen molar-refractivity contribution in [3.8, 4) is 0 Å². The zero-order valence-corrected chi connectivity index (χ0v) is 10.5. The Morgan fingerprint density at radius 1 is 1.50 bits per heavy atom. The van der Waals surface area contributed by atoms with Gasteiger partial charge in [-0.25, -0.2) is 0 Å². The average molecular weight is 242 g/mol. The molecule has 0 aromatic heterocycles. The number of carbonyl (C=O) groups is 1. The van der Waals surface area contributed by atoms with Gasteiger partial charge in [-0.2, -0.15) is 0 Å². The number of hydrogen-bond acceptors (Lipinski definition) is 3. The van der Waals surface area contributed by atoms with E-state index in [4.69, 9.17) is 16.3 Å². The molecular weight excluding hydrogens is 226 g/mol. The molecule has 0 bridgehead atoms. The fourth-order valence-electron chi connectivity index (χ4n) is 1.27. The van der Waals surface area contributed by atoms with E-state index in [1.807, 2.05) is 32.0 Å². The molecule has 1 N–H and O–H groups in total. The number of hydrogen-bond donors (Lipinski definition) is 1. The second kappa shape index (κ2) is 5.21. The molecule has 1 aromatic carbocycles. The van der Waals surface area contributed by atoms with Crippen LogP contribution < -0.4 is 5.32 Å². The minimum atomic E-state index is -0.558. The van der Waals surface area contributed by atoms with Crippen molar-refractivity contribution in [1.82, 2.24) is 0 Å². The molecule has 0 saturated heterocycles. The number of anilines is 1. The number of esters is 1. The first-order valence-electron chi connectivity index (χ1n) is 5.03. The highest BCUT2D eigenvalue weighted by Gasteiger charge is 2.28. The minimum absolute atomic E-state index is 0.234. The molecule has 1 rings (SSSR count). The van der Waals surface area contributed by atoms with Crippen molar-refractivity contribution in [2.75, 3.05) is 19.0 Å². The lowest BCUT2D eigenvalue weighted by atomic mass is 9.93. The van der Waals surface area contributed by atoms with E-state index >= 15 is 0 Å². The Morgan fingerprint density at radius 2 is 2.19 bits per heavy atom. The first-order valence-corrected chi connectivity index (χ1v) is 5.41. The molecule has 0 aliphatic carbocycles. The summed E-state index contributed by atoms with van der Waals surface area (Å²) in [5.74, 6) is -0.234. The molecule has 3 nitrogen and oxygen atoms in total. The predicted molar refractivity (Wildman–Crippen MR) is 65.7 cm³/mol. The second-order valence-electron chi connectivity index (χ2n) is 4.24. The standard InChI is InChI=1S/C12H16ClNO2/c1-12(2,11(15)16-3)8-14-10-6-4-5-9(13)7-10/h4-7,14H,8H2,1-3H3. The molecule has 16 heavy (non-hydrogen) atoms. The summed E-state index contributed by atoms with van der Waals surface area (Å²) in [6.45, 7) is 4.16. The summed E-state index contributed by atoms with van der Waals surface area (Å²) < 4.78 is 4.72. The Kier molecular flexibility index (Phi) is 4.19. The number of rotatable bonds is 4. The molecule has 0 amide bonds. The summed E-state index contributed by atoms with van der Waals surface area (Å²) in [6, 6.07) is 7.38. The Balaban J connectivity index is 2.61. The van der Waals surface area contributed by atoms with Crippen LogP contribution in [0.4, 0.5) is 5.69 Å². The molecule has 0 aliphatic heterocycles. The lowest BCUT2D eigenvalue weighted by Gasteiger charge is -2.22. The molecule has 0 saturated carbocycles. The summed E-state index contributed by atoms with van der Waals surface area (Å²) in [5.41, 5.74) is 0.335. The molecule has 88 valence electrons. The largest absolute Gasteiger partial charge is 0.469 e. The Morgan fingerprint density at radius 3 is 2.75 bits per heavy atom. The lowest BCUT2D eigenvalue weighted by Crippen LogP contribution is -2.33. The maximum absolute atomic E-state index is 11.4. The Bertz CT molecular complexity index is 377. The van der Waals surface area contributed by atoms with Crippen LogP contribution in [0.25, 0.3) is 0 Å². The van der Waals surface area contributed by atoms with E-state index in [2.05, 4.69) is 5.32 Å². The summed E-state index contributed by atoms with van der Waals surface area (Å²) >= 11 is 5.85. The molecule has 0 unspecified atom stereocenters. The van der Waals surface area contributed by atoms with Gasteiger partial charge in [-0.05, 0) is 32.0 Å². The number of carbonyl (C=O) groups excluding carboxylic acids is 1. The number of nitrogens with one attached hydrogen (secondary N) is 1. The Hall–Kier alpha value is -1.22. The van der Waals surface area contributed by atoms with E-state index in [-0.39, 0.29) is 5.97 Å². The number of ether oxygens (including phenoxy) is 1. The van der Waals surface area contributed by atoms with Crippen molar-refractivity contribution < 1.29 is 9.53 Å². The summed E-state index contributed by atoms with van der Waals surface area (Å²) in [6.07, 6.45) is 0. The van der Waals surface area contributed by atoms with Crippen LogP contribution in [-0.4, -0.2) is 19.6 Å². The quantitative estimate of drug-likeness (QED) is 0.824. The van der Waals surface area contributed by atoms with E-state index < -0.39 is 5.41 Å². The van der Waals surface area contributed by atoms with Gasteiger partial charge in [0.05, 0.1) is 12.5 Å². The number of methoxy groups -OCH3 is 1. The van der Waals surface area contributed by atoms with E-state index in [0.29, 0.717) is 11.6 Å². The van der Waals surface area contributed by atoms with Crippen LogP contribution in [0.5, 0.6) is 0 Å². The van der Waals surface area contributed by atoms with Crippen LogP contribution in [0.1, 0.15) is 13.8 Å². The molecule has 0 spiro atoms. The fraction of sp³-hybridized carbons (Fsp3) is 0.417. The van der Waals surface area contributed by atoms with Gasteiger partial charge in [0.1, 0.15) is 0 Å². The van der Waals surface area contributed by atoms with Crippen LogP contribution in [0, 0.1) is 5.41 Å². The van der Waals surface area contributed by atoms with Gasteiger partial charge in [0.2, 0.25) is 0 Å². The van der Waals surface area contributed by atoms with Gasteiger partial charge < -0.3 is 10.1 Å². The summed E-state index contributed by atoms with van der Waals surface area (Å²) in [7, 11) is 1.39. The van der Waals surface area contributed by atoms with E-state index in [1.54, 1.807) is 6.07 Å². The minimum Gasteiger partial charge on any atom is -0.469 e. The van der Waals surface area contributed by atoms with Crippen molar-refractivity contribution in [2.45, 2.75) is 13.8 Å². The molecule has 0 atom stereocenters. The van der Waals surface area contributed by atoms with Crippen LogP contribution in [0.2, 0.25) is 5.02 Å². The first kappa shape index (κ1) is 12.8. The van der Waals surface area contributed by atoms with Gasteiger partial charge in [0.15, 0.2) is 0 Å². The number of benzene rings is 1. The molecule has 4 heteroatoms. The van der Waals surface area contributed by atoms with Gasteiger partial charge in [-0.3, -0.25) is 4.79 Å². The summed E-state index contributed by atoms with van der Waals surface area (Å²) in [4.78, 5) is 11.4. The normalized spacial score (nSPS) is 11.0. The van der Waals surface area contributed by atoms with Gasteiger partial charge in [0.25, 0.3) is 0 Å². The highest BCUT2D eigenvalue weighted by atomic mass is 35.5. The highest BCUT2D eigenvalue weighted by Crippen LogP contribution is 2.20. The van der Waals surface area contributed by atoms with E-state index in [0.717, 1.165) is 5.69 Å². The van der Waals surface area contributed by atoms with E-state index in [1.165, 1.54) is 7.11 Å². The zero-order chi connectivity index (χ0) is 12.2. The third kappa shape index (κ3) is 3.42. The molecule has 0 radical (unpaired) electrons. The number of halogens is 1. The van der Waals surface area contributed by atoms with Crippen molar-refractivity contribution in [3.63, 3.8) is 0 Å². The molecule has 0 heterocycles. The van der Waals surface area contributed by atoms with Crippen molar-refractivity contribution in [1.29, 1.82) is 0 Å². The lowest BCUT2D eigenvalue weighted by molar-refractivity contribution is -0.149. The topological polar surface area (TPSA) is 38.3 Å². The third-order valence-corrected chi connectivity index (χ3v) is 2.53. The maximum atomic E-state index is 11.4. The third-order valence-electron chi connectivity index (χ3n) is 2.30. The first-order chi connectivity index (χ1) is 7.45. The second-order valence-corrected chi connectivity index (χ2v) is 4.68. The Labute approximate surface area is 101 Å². The van der Waals surface area contributed by atoms with Gasteiger partial charge in [0, 0.05) is 17.3 Å². The van der Waals surface area contributed by atoms with Crippen LogP contribution >= 0.6 is 11.6 Å².